The van der Waals surface area contributed by atoms with Gasteiger partial charge in [-0.25, -0.2) is 12.8 Å². The molecule has 0 saturated carbocycles. The Balaban J connectivity index is 1.92. The highest BCUT2D eigenvalue weighted by Gasteiger charge is 2.31. The van der Waals surface area contributed by atoms with Crippen LogP contribution >= 0.6 is 0 Å². The number of rotatable bonds is 4. The summed E-state index contributed by atoms with van der Waals surface area (Å²) in [5, 5.41) is 2.59. The van der Waals surface area contributed by atoms with Gasteiger partial charge in [0.2, 0.25) is 5.91 Å². The van der Waals surface area contributed by atoms with E-state index in [1.165, 1.54) is 12.1 Å². The van der Waals surface area contributed by atoms with Gasteiger partial charge in [-0.1, -0.05) is 0 Å². The third-order valence-electron chi connectivity index (χ3n) is 3.51. The average molecular weight is 315 g/mol. The van der Waals surface area contributed by atoms with Crippen molar-refractivity contribution >= 4 is 27.1 Å². The number of anilines is 2. The molecule has 0 aromatic heterocycles. The Morgan fingerprint density at radius 3 is 2.81 bits per heavy atom. The summed E-state index contributed by atoms with van der Waals surface area (Å²) in [5.41, 5.74) is 6.10. The molecule has 1 atom stereocenters. The van der Waals surface area contributed by atoms with Crippen LogP contribution in [0.3, 0.4) is 0 Å². The van der Waals surface area contributed by atoms with Crippen LogP contribution in [0.2, 0.25) is 0 Å². The number of hydrogen-bond donors (Lipinski definition) is 2. The van der Waals surface area contributed by atoms with Crippen LogP contribution in [-0.4, -0.2) is 50.4 Å². The third-order valence-corrected chi connectivity index (χ3v) is 5.26. The molecule has 1 aliphatic rings. The molecule has 116 valence electrons. The van der Waals surface area contributed by atoms with Crippen molar-refractivity contribution in [2.45, 2.75) is 12.5 Å². The quantitative estimate of drug-likeness (QED) is 0.788. The van der Waals surface area contributed by atoms with E-state index in [9.17, 15) is 17.6 Å². The summed E-state index contributed by atoms with van der Waals surface area (Å²) in [7, 11) is -1.27. The van der Waals surface area contributed by atoms with Gasteiger partial charge in [0.1, 0.15) is 5.82 Å². The fraction of sp³-hybridized carbons (Fsp3) is 0.462. The van der Waals surface area contributed by atoms with Crippen molar-refractivity contribution < 1.29 is 17.6 Å². The van der Waals surface area contributed by atoms with Gasteiger partial charge < -0.3 is 11.1 Å². The fourth-order valence-corrected chi connectivity index (χ4v) is 4.12. The van der Waals surface area contributed by atoms with Crippen LogP contribution in [0.25, 0.3) is 0 Å². The van der Waals surface area contributed by atoms with Gasteiger partial charge in [0.25, 0.3) is 0 Å². The van der Waals surface area contributed by atoms with E-state index in [1.54, 1.807) is 11.9 Å². The minimum absolute atomic E-state index is 0.0526. The zero-order valence-corrected chi connectivity index (χ0v) is 12.5. The first-order valence-corrected chi connectivity index (χ1v) is 8.34. The Kier molecular flexibility index (Phi) is 4.48. The second-order valence-electron chi connectivity index (χ2n) is 5.25. The molecular formula is C13H18FN3O3S. The summed E-state index contributed by atoms with van der Waals surface area (Å²) in [4.78, 5) is 13.6. The number of halogens is 1. The standard InChI is InChI=1S/C13H18FN3O3S/c1-17(10-4-5-21(19,20)8-10)7-13(18)16-12-3-2-9(14)6-11(12)15/h2-3,6,10H,4-5,7-8,15H2,1H3,(H,16,18). The number of nitrogen functional groups attached to an aromatic ring is 1. The number of nitrogens with zero attached hydrogens (tertiary/aromatic N) is 1. The maximum absolute atomic E-state index is 12.9. The molecular weight excluding hydrogens is 297 g/mol. The lowest BCUT2D eigenvalue weighted by Gasteiger charge is -2.22. The van der Waals surface area contributed by atoms with Gasteiger partial charge in [0.05, 0.1) is 29.4 Å². The van der Waals surface area contributed by atoms with Gasteiger partial charge in [-0.05, 0) is 31.7 Å². The van der Waals surface area contributed by atoms with E-state index < -0.39 is 15.7 Å². The minimum atomic E-state index is -2.98. The Morgan fingerprint density at radius 2 is 2.24 bits per heavy atom. The van der Waals surface area contributed by atoms with Crippen LogP contribution in [0.5, 0.6) is 0 Å². The van der Waals surface area contributed by atoms with E-state index in [0.29, 0.717) is 12.1 Å². The fourth-order valence-electron chi connectivity index (χ4n) is 2.32. The highest BCUT2D eigenvalue weighted by Crippen LogP contribution is 2.20. The molecule has 2 rings (SSSR count). The van der Waals surface area contributed by atoms with Crippen molar-refractivity contribution in [1.82, 2.24) is 4.90 Å². The summed E-state index contributed by atoms with van der Waals surface area (Å²) >= 11 is 0. The SMILES string of the molecule is CN(CC(=O)Nc1ccc(F)cc1N)C1CCS(=O)(=O)C1. The summed E-state index contributed by atoms with van der Waals surface area (Å²) in [6.45, 7) is 0.0526. The third kappa shape index (κ3) is 4.15. The number of nitrogens with two attached hydrogens (primary N) is 1. The molecule has 6 nitrogen and oxygen atoms in total. The molecule has 1 aromatic carbocycles. The highest BCUT2D eigenvalue weighted by molar-refractivity contribution is 7.91. The van der Waals surface area contributed by atoms with Crippen LogP contribution in [0.15, 0.2) is 18.2 Å². The number of sulfone groups is 1. The largest absolute Gasteiger partial charge is 0.397 e. The number of carbonyl (C=O) groups excluding carboxylic acids is 1. The average Bonchev–Trinajstić information content (AvgIpc) is 2.73. The lowest BCUT2D eigenvalue weighted by Crippen LogP contribution is -2.38. The topological polar surface area (TPSA) is 92.5 Å². The van der Waals surface area contributed by atoms with Crippen LogP contribution in [0, 0.1) is 5.82 Å². The van der Waals surface area contributed by atoms with Gasteiger partial charge >= 0.3 is 0 Å². The number of hydrogen-bond acceptors (Lipinski definition) is 5. The van der Waals surface area contributed by atoms with Gasteiger partial charge in [-0.15, -0.1) is 0 Å². The summed E-state index contributed by atoms with van der Waals surface area (Å²) < 4.78 is 35.8. The van der Waals surface area contributed by atoms with Crippen LogP contribution in [0.4, 0.5) is 15.8 Å². The van der Waals surface area contributed by atoms with E-state index in [1.807, 2.05) is 0 Å². The van der Waals surface area contributed by atoms with Crippen LogP contribution < -0.4 is 11.1 Å². The molecule has 1 saturated heterocycles. The van der Waals surface area contributed by atoms with Crippen molar-refractivity contribution in [2.24, 2.45) is 0 Å². The molecule has 1 aliphatic heterocycles. The van der Waals surface area contributed by atoms with Gasteiger partial charge in [-0.3, -0.25) is 9.69 Å². The molecule has 21 heavy (non-hydrogen) atoms. The van der Waals surface area contributed by atoms with Crippen molar-refractivity contribution in [3.05, 3.63) is 24.0 Å². The lowest BCUT2D eigenvalue weighted by molar-refractivity contribution is -0.117. The molecule has 1 aromatic rings. The van der Waals surface area contributed by atoms with Crippen LogP contribution in [-0.2, 0) is 14.6 Å². The second kappa shape index (κ2) is 5.98. The normalized spacial score (nSPS) is 20.6. The summed E-state index contributed by atoms with van der Waals surface area (Å²) in [5.74, 6) is -0.553. The lowest BCUT2D eigenvalue weighted by atomic mass is 10.2. The molecule has 3 N–H and O–H groups in total. The Hall–Kier alpha value is -1.67. The Bertz CT molecular complexity index is 648. The van der Waals surface area contributed by atoms with Crippen molar-refractivity contribution in [1.29, 1.82) is 0 Å². The Labute approximate surface area is 123 Å². The zero-order valence-electron chi connectivity index (χ0n) is 11.7. The molecule has 1 fully saturated rings. The second-order valence-corrected chi connectivity index (χ2v) is 7.48. The van der Waals surface area contributed by atoms with E-state index in [2.05, 4.69) is 5.32 Å². The predicted molar refractivity (Wildman–Crippen MR) is 79.1 cm³/mol. The molecule has 0 aliphatic carbocycles. The molecule has 8 heteroatoms. The summed E-state index contributed by atoms with van der Waals surface area (Å²) in [6, 6.07) is 3.58. The molecule has 1 amide bonds. The smallest absolute Gasteiger partial charge is 0.238 e. The molecule has 1 unspecified atom stereocenters. The van der Waals surface area contributed by atoms with E-state index in [0.717, 1.165) is 6.07 Å². The van der Waals surface area contributed by atoms with Crippen molar-refractivity contribution in [3.63, 3.8) is 0 Å². The molecule has 0 bridgehead atoms. The first kappa shape index (κ1) is 15.7. The Morgan fingerprint density at radius 1 is 1.52 bits per heavy atom. The number of likely N-dealkylation sites (N-methyl/N-ethyl adjacent to an activating group) is 1. The zero-order chi connectivity index (χ0) is 15.6. The maximum atomic E-state index is 12.9. The summed E-state index contributed by atoms with van der Waals surface area (Å²) in [6.07, 6.45) is 0.533. The first-order valence-electron chi connectivity index (χ1n) is 6.52. The van der Waals surface area contributed by atoms with Crippen molar-refractivity contribution in [3.8, 4) is 0 Å². The van der Waals surface area contributed by atoms with E-state index in [-0.39, 0.29) is 35.7 Å². The first-order chi connectivity index (χ1) is 9.77. The monoisotopic (exact) mass is 315 g/mol. The number of amides is 1. The van der Waals surface area contributed by atoms with Gasteiger partial charge in [0.15, 0.2) is 9.84 Å². The molecule has 1 heterocycles. The molecule has 0 spiro atoms. The van der Waals surface area contributed by atoms with Crippen LogP contribution in [0.1, 0.15) is 6.42 Å². The number of benzene rings is 1. The van der Waals surface area contributed by atoms with Gasteiger partial charge in [0, 0.05) is 6.04 Å². The maximum Gasteiger partial charge on any atom is 0.238 e. The number of carbonyl (C=O) groups is 1. The minimum Gasteiger partial charge on any atom is -0.397 e. The van der Waals surface area contributed by atoms with Gasteiger partial charge in [-0.2, -0.15) is 0 Å². The highest BCUT2D eigenvalue weighted by atomic mass is 32.2. The predicted octanol–water partition coefficient (Wildman–Crippen LogP) is 0.465. The van der Waals surface area contributed by atoms with E-state index >= 15 is 0 Å². The molecule has 0 radical (unpaired) electrons. The van der Waals surface area contributed by atoms with E-state index in [4.69, 9.17) is 5.73 Å². The number of nitrogens with one attached hydrogen (secondary N) is 1. The van der Waals surface area contributed by atoms with Crippen molar-refractivity contribution in [2.75, 3.05) is 36.1 Å².